The Morgan fingerprint density at radius 1 is 1.35 bits per heavy atom. The van der Waals surface area contributed by atoms with Crippen LogP contribution in [0.15, 0.2) is 41.5 Å². The molecule has 1 aliphatic carbocycles. The summed E-state index contributed by atoms with van der Waals surface area (Å²) in [6, 6.07) is 8.31. The Labute approximate surface area is 153 Å². The Kier molecular flexibility index (Phi) is 5.49. The first-order valence-corrected chi connectivity index (χ1v) is 8.73. The summed E-state index contributed by atoms with van der Waals surface area (Å²) in [6.07, 6.45) is 6.72. The van der Waals surface area contributed by atoms with E-state index in [2.05, 4.69) is 15.2 Å². The lowest BCUT2D eigenvalue weighted by Gasteiger charge is -2.58. The number of anilines is 1. The number of aliphatic imine (C=N–C) groups is 1. The molecule has 2 fully saturated rings. The van der Waals surface area contributed by atoms with Gasteiger partial charge < -0.3 is 11.1 Å². The normalized spacial score (nSPS) is 19.8. The molecule has 138 valence electrons. The van der Waals surface area contributed by atoms with Crippen LogP contribution in [0, 0.1) is 5.41 Å². The number of hydrogen-bond acceptors (Lipinski definition) is 5. The summed E-state index contributed by atoms with van der Waals surface area (Å²) >= 11 is 0. The third-order valence-corrected chi connectivity index (χ3v) is 5.10. The van der Waals surface area contributed by atoms with Gasteiger partial charge in [0.2, 0.25) is 12.8 Å². The maximum atomic E-state index is 11.3. The number of hydrogen-bond donors (Lipinski definition) is 2. The molecular formula is C19H25N5O2. The van der Waals surface area contributed by atoms with Crippen LogP contribution in [0.3, 0.4) is 0 Å². The van der Waals surface area contributed by atoms with Crippen LogP contribution in [0.1, 0.15) is 18.4 Å². The number of benzene rings is 1. The Morgan fingerprint density at radius 3 is 2.58 bits per heavy atom. The van der Waals surface area contributed by atoms with Gasteiger partial charge in [0.25, 0.3) is 0 Å². The lowest BCUT2D eigenvalue weighted by molar-refractivity contribution is -0.108. The van der Waals surface area contributed by atoms with Gasteiger partial charge in [0.1, 0.15) is 5.84 Å². The number of nitrogens with one attached hydrogen (secondary N) is 1. The topological polar surface area (TPSA) is 91.0 Å². The quantitative estimate of drug-likeness (QED) is 0.431. The van der Waals surface area contributed by atoms with E-state index in [-0.39, 0.29) is 0 Å². The lowest BCUT2D eigenvalue weighted by Crippen LogP contribution is -2.64. The molecule has 0 atom stereocenters. The van der Waals surface area contributed by atoms with E-state index in [1.807, 2.05) is 24.3 Å². The van der Waals surface area contributed by atoms with E-state index in [9.17, 15) is 9.59 Å². The van der Waals surface area contributed by atoms with Crippen LogP contribution in [0.5, 0.6) is 0 Å². The molecule has 2 aliphatic rings. The fraction of sp³-hybridized carbons (Fsp3) is 0.421. The minimum atomic E-state index is 0.380. The Balaban J connectivity index is 1.55. The number of carbonyl (C=O) groups excluding carboxylic acids is 2. The molecule has 7 nitrogen and oxygen atoms in total. The summed E-state index contributed by atoms with van der Waals surface area (Å²) < 4.78 is 0. The van der Waals surface area contributed by atoms with E-state index in [4.69, 9.17) is 5.73 Å². The third kappa shape index (κ3) is 4.00. The van der Waals surface area contributed by atoms with Crippen molar-refractivity contribution in [2.24, 2.45) is 16.1 Å². The summed E-state index contributed by atoms with van der Waals surface area (Å²) in [5.74, 6) is 0.380. The highest BCUT2D eigenvalue weighted by molar-refractivity contribution is 5.99. The Morgan fingerprint density at radius 2 is 2.04 bits per heavy atom. The average Bonchev–Trinajstić information content (AvgIpc) is 2.59. The van der Waals surface area contributed by atoms with Crippen molar-refractivity contribution in [1.29, 1.82) is 0 Å². The molecule has 1 aromatic rings. The second-order valence-corrected chi connectivity index (χ2v) is 7.18. The minimum absolute atomic E-state index is 0.380. The SMILES string of the molecule is CN=C(/C=C\N(C=O)c1ccc(CN2CC3(CC(N)C3)C2)cc1)NC=O. The van der Waals surface area contributed by atoms with Gasteiger partial charge in [-0.25, -0.2) is 0 Å². The minimum Gasteiger partial charge on any atom is -0.328 e. The van der Waals surface area contributed by atoms with Gasteiger partial charge in [0.15, 0.2) is 0 Å². The Bertz CT molecular complexity index is 699. The molecule has 0 bridgehead atoms. The Hall–Kier alpha value is -2.51. The van der Waals surface area contributed by atoms with E-state index in [0.29, 0.717) is 23.7 Å². The van der Waals surface area contributed by atoms with Crippen LogP contribution in [-0.2, 0) is 16.1 Å². The molecule has 0 aromatic heterocycles. The summed E-state index contributed by atoms with van der Waals surface area (Å²) in [6.45, 7) is 3.19. The third-order valence-electron chi connectivity index (χ3n) is 5.10. The van der Waals surface area contributed by atoms with Crippen molar-refractivity contribution in [3.05, 3.63) is 42.1 Å². The maximum absolute atomic E-state index is 11.3. The van der Waals surface area contributed by atoms with Crippen molar-refractivity contribution in [2.45, 2.75) is 25.4 Å². The van der Waals surface area contributed by atoms with Crippen LogP contribution >= 0.6 is 0 Å². The van der Waals surface area contributed by atoms with Gasteiger partial charge in [-0.3, -0.25) is 24.4 Å². The zero-order valence-corrected chi connectivity index (χ0v) is 15.0. The molecule has 1 aliphatic heterocycles. The second-order valence-electron chi connectivity index (χ2n) is 7.18. The molecule has 3 N–H and O–H groups in total. The van der Waals surface area contributed by atoms with E-state index >= 15 is 0 Å². The maximum Gasteiger partial charge on any atom is 0.218 e. The summed E-state index contributed by atoms with van der Waals surface area (Å²) in [4.78, 5) is 29.6. The van der Waals surface area contributed by atoms with E-state index in [0.717, 1.165) is 44.6 Å². The molecule has 1 saturated carbocycles. The van der Waals surface area contributed by atoms with E-state index in [1.54, 1.807) is 19.3 Å². The van der Waals surface area contributed by atoms with Crippen molar-refractivity contribution in [2.75, 3.05) is 25.0 Å². The molecule has 0 radical (unpaired) electrons. The molecule has 1 aromatic carbocycles. The van der Waals surface area contributed by atoms with Gasteiger partial charge in [-0.15, -0.1) is 0 Å². The van der Waals surface area contributed by atoms with E-state index < -0.39 is 0 Å². The number of amides is 2. The second kappa shape index (κ2) is 7.80. The predicted octanol–water partition coefficient (Wildman–Crippen LogP) is 0.861. The first-order valence-electron chi connectivity index (χ1n) is 8.73. The predicted molar refractivity (Wildman–Crippen MR) is 102 cm³/mol. The van der Waals surface area contributed by atoms with Gasteiger partial charge in [0.05, 0.1) is 0 Å². The molecule has 26 heavy (non-hydrogen) atoms. The number of nitrogens with two attached hydrogens (primary N) is 1. The summed E-state index contributed by atoms with van der Waals surface area (Å²) in [5, 5.41) is 2.45. The molecule has 1 spiro atoms. The molecular weight excluding hydrogens is 330 g/mol. The molecule has 1 saturated heterocycles. The number of carbonyl (C=O) groups is 2. The number of nitrogens with zero attached hydrogens (tertiary/aromatic N) is 3. The largest absolute Gasteiger partial charge is 0.328 e. The van der Waals surface area contributed by atoms with Crippen LogP contribution < -0.4 is 16.0 Å². The fourth-order valence-electron chi connectivity index (χ4n) is 3.94. The summed E-state index contributed by atoms with van der Waals surface area (Å²) in [5.41, 5.74) is 8.37. The molecule has 0 unspecified atom stereocenters. The van der Waals surface area contributed by atoms with Crippen LogP contribution in [0.2, 0.25) is 0 Å². The van der Waals surface area contributed by atoms with Crippen LogP contribution in [-0.4, -0.2) is 49.7 Å². The van der Waals surface area contributed by atoms with Gasteiger partial charge in [-0.1, -0.05) is 12.1 Å². The van der Waals surface area contributed by atoms with Crippen molar-refractivity contribution in [3.63, 3.8) is 0 Å². The van der Waals surface area contributed by atoms with Crippen LogP contribution in [0.4, 0.5) is 5.69 Å². The molecule has 2 amide bonds. The average molecular weight is 355 g/mol. The first-order chi connectivity index (χ1) is 12.6. The number of rotatable bonds is 7. The zero-order chi connectivity index (χ0) is 18.6. The number of amidine groups is 1. The van der Waals surface area contributed by atoms with Crippen molar-refractivity contribution in [1.82, 2.24) is 10.2 Å². The number of likely N-dealkylation sites (tertiary alicyclic amines) is 1. The molecule has 1 heterocycles. The smallest absolute Gasteiger partial charge is 0.218 e. The standard InChI is InChI=1S/C19H25N5O2/c1-21-18(22-13-25)6-7-24(14-26)17-4-2-15(3-5-17)10-23-11-19(12-23)8-16(20)9-19/h2-7,13-14,16H,8-12,20H2,1H3,(H,21,22,25)/b7-6-. The summed E-state index contributed by atoms with van der Waals surface area (Å²) in [7, 11) is 1.56. The van der Waals surface area contributed by atoms with Crippen molar-refractivity contribution in [3.8, 4) is 0 Å². The van der Waals surface area contributed by atoms with Crippen LogP contribution in [0.25, 0.3) is 0 Å². The lowest BCUT2D eigenvalue weighted by atomic mass is 9.61. The molecule has 7 heteroatoms. The van der Waals surface area contributed by atoms with Gasteiger partial charge in [-0.05, 0) is 42.0 Å². The van der Waals surface area contributed by atoms with Gasteiger partial charge >= 0.3 is 0 Å². The van der Waals surface area contributed by atoms with Gasteiger partial charge in [-0.2, -0.15) is 0 Å². The zero-order valence-electron chi connectivity index (χ0n) is 15.0. The highest BCUT2D eigenvalue weighted by atomic mass is 16.1. The fourth-order valence-corrected chi connectivity index (χ4v) is 3.94. The van der Waals surface area contributed by atoms with E-state index in [1.165, 1.54) is 10.5 Å². The van der Waals surface area contributed by atoms with Gasteiger partial charge in [0, 0.05) is 44.6 Å². The van der Waals surface area contributed by atoms with Crippen molar-refractivity contribution < 1.29 is 9.59 Å². The first kappa shape index (κ1) is 18.3. The highest BCUT2D eigenvalue weighted by Crippen LogP contribution is 2.47. The monoisotopic (exact) mass is 355 g/mol. The molecule has 3 rings (SSSR count). The highest BCUT2D eigenvalue weighted by Gasteiger charge is 2.50. The van der Waals surface area contributed by atoms with Crippen molar-refractivity contribution >= 4 is 24.3 Å².